The molecule has 0 aromatic heterocycles. The first-order valence-corrected chi connectivity index (χ1v) is 11.1. The summed E-state index contributed by atoms with van der Waals surface area (Å²) in [6.45, 7) is 8.99. The van der Waals surface area contributed by atoms with Crippen molar-refractivity contribution in [3.63, 3.8) is 0 Å². The Morgan fingerprint density at radius 2 is 1.38 bits per heavy atom. The van der Waals surface area contributed by atoms with Gasteiger partial charge in [0.15, 0.2) is 0 Å². The van der Waals surface area contributed by atoms with Gasteiger partial charge in [0.2, 0.25) is 0 Å². The Hall–Kier alpha value is -2.54. The highest BCUT2D eigenvalue weighted by Crippen LogP contribution is 2.57. The summed E-state index contributed by atoms with van der Waals surface area (Å²) in [5, 5.41) is 0. The van der Waals surface area contributed by atoms with E-state index in [1.165, 1.54) is 59.3 Å². The van der Waals surface area contributed by atoms with Gasteiger partial charge in [0.25, 0.3) is 0 Å². The average molecular weight is 382 g/mol. The Morgan fingerprint density at radius 3 is 2.07 bits per heavy atom. The van der Waals surface area contributed by atoms with Crippen molar-refractivity contribution in [3.8, 4) is 11.1 Å². The molecule has 0 unspecified atom stereocenters. The summed E-state index contributed by atoms with van der Waals surface area (Å²) in [5.74, 6) is 0. The van der Waals surface area contributed by atoms with Gasteiger partial charge in [-0.2, -0.15) is 0 Å². The molecule has 0 radical (unpaired) electrons. The minimum Gasteiger partial charge on any atom is -0.339 e. The van der Waals surface area contributed by atoms with E-state index < -0.39 is 0 Å². The summed E-state index contributed by atoms with van der Waals surface area (Å²) in [6.07, 6.45) is 5.24. The lowest BCUT2D eigenvalue weighted by Crippen LogP contribution is -2.26. The number of hydrogen-bond donors (Lipinski definition) is 0. The second-order valence-corrected chi connectivity index (χ2v) is 9.37. The minimum atomic E-state index is 0.229. The molecule has 0 amide bonds. The van der Waals surface area contributed by atoms with Crippen LogP contribution in [0.25, 0.3) is 11.1 Å². The molecule has 5 rings (SSSR count). The van der Waals surface area contributed by atoms with E-state index in [0.717, 1.165) is 0 Å². The average Bonchev–Trinajstić information content (AvgIpc) is 3.27. The fourth-order valence-electron chi connectivity index (χ4n) is 5.95. The molecule has 1 heteroatoms. The van der Waals surface area contributed by atoms with Gasteiger partial charge in [0, 0.05) is 22.8 Å². The topological polar surface area (TPSA) is 3.24 Å². The van der Waals surface area contributed by atoms with Crippen molar-refractivity contribution in [2.24, 2.45) is 0 Å². The van der Waals surface area contributed by atoms with Crippen LogP contribution < -0.4 is 4.90 Å². The number of benzene rings is 3. The smallest absolute Gasteiger partial charge is 0.0418 e. The second-order valence-electron chi connectivity index (χ2n) is 9.37. The molecule has 0 aliphatic heterocycles. The highest BCUT2D eigenvalue weighted by molar-refractivity contribution is 5.84. The molecule has 3 aromatic rings. The number of hydrogen-bond acceptors (Lipinski definition) is 1. The van der Waals surface area contributed by atoms with Crippen molar-refractivity contribution < 1.29 is 0 Å². The number of anilines is 2. The molecule has 0 heterocycles. The SMILES string of the molecule is Cc1cc(C)cc(N(c2ccc3c(c2)C2(CCCC2)c2ccccc2-3)C(C)C)c1. The highest BCUT2D eigenvalue weighted by atomic mass is 15.2. The van der Waals surface area contributed by atoms with E-state index in [1.54, 1.807) is 11.1 Å². The zero-order valence-corrected chi connectivity index (χ0v) is 18.1. The zero-order chi connectivity index (χ0) is 20.2. The van der Waals surface area contributed by atoms with Crippen molar-refractivity contribution in [1.82, 2.24) is 0 Å². The maximum Gasteiger partial charge on any atom is 0.0418 e. The predicted molar refractivity (Wildman–Crippen MR) is 124 cm³/mol. The van der Waals surface area contributed by atoms with E-state index in [2.05, 4.69) is 93.3 Å². The van der Waals surface area contributed by atoms with Crippen LogP contribution in [0.15, 0.2) is 60.7 Å². The largest absolute Gasteiger partial charge is 0.339 e. The van der Waals surface area contributed by atoms with Crippen LogP contribution >= 0.6 is 0 Å². The molecule has 2 aliphatic rings. The highest BCUT2D eigenvalue weighted by Gasteiger charge is 2.45. The van der Waals surface area contributed by atoms with Gasteiger partial charge in [-0.3, -0.25) is 0 Å². The second kappa shape index (κ2) is 6.76. The van der Waals surface area contributed by atoms with Crippen molar-refractivity contribution in [1.29, 1.82) is 0 Å². The first-order chi connectivity index (χ1) is 14.0. The maximum atomic E-state index is 2.51. The third-order valence-corrected chi connectivity index (χ3v) is 6.99. The summed E-state index contributed by atoms with van der Waals surface area (Å²) in [5.41, 5.74) is 11.5. The molecule has 1 nitrogen and oxygen atoms in total. The Balaban J connectivity index is 1.68. The van der Waals surface area contributed by atoms with Gasteiger partial charge in [-0.15, -0.1) is 0 Å². The molecule has 0 N–H and O–H groups in total. The summed E-state index contributed by atoms with van der Waals surface area (Å²) < 4.78 is 0. The minimum absolute atomic E-state index is 0.229. The Kier molecular flexibility index (Phi) is 4.31. The van der Waals surface area contributed by atoms with E-state index >= 15 is 0 Å². The van der Waals surface area contributed by atoms with Crippen LogP contribution in [0.5, 0.6) is 0 Å². The van der Waals surface area contributed by atoms with Crippen LogP contribution in [0.2, 0.25) is 0 Å². The van der Waals surface area contributed by atoms with Crippen LogP contribution in [0.3, 0.4) is 0 Å². The summed E-state index contributed by atoms with van der Waals surface area (Å²) >= 11 is 0. The van der Waals surface area contributed by atoms with Crippen LogP contribution in [-0.2, 0) is 5.41 Å². The molecule has 0 bridgehead atoms. The van der Waals surface area contributed by atoms with Crippen LogP contribution in [-0.4, -0.2) is 6.04 Å². The predicted octanol–water partition coefficient (Wildman–Crippen LogP) is 7.69. The normalized spacial score (nSPS) is 16.3. The van der Waals surface area contributed by atoms with Gasteiger partial charge < -0.3 is 4.90 Å². The van der Waals surface area contributed by atoms with E-state index in [1.807, 2.05) is 0 Å². The lowest BCUT2D eigenvalue weighted by molar-refractivity contribution is 0.550. The molecule has 1 saturated carbocycles. The van der Waals surface area contributed by atoms with Gasteiger partial charge >= 0.3 is 0 Å². The Morgan fingerprint density at radius 1 is 0.724 bits per heavy atom. The molecular weight excluding hydrogens is 350 g/mol. The molecule has 1 spiro atoms. The fourth-order valence-corrected chi connectivity index (χ4v) is 5.95. The monoisotopic (exact) mass is 381 g/mol. The molecule has 29 heavy (non-hydrogen) atoms. The molecule has 148 valence electrons. The number of fused-ring (bicyclic) bond motifs is 5. The molecule has 2 aliphatic carbocycles. The van der Waals surface area contributed by atoms with Gasteiger partial charge in [-0.05, 0) is 98.2 Å². The summed E-state index contributed by atoms with van der Waals surface area (Å²) in [4.78, 5) is 2.51. The lowest BCUT2D eigenvalue weighted by atomic mass is 9.76. The third-order valence-electron chi connectivity index (χ3n) is 6.99. The van der Waals surface area contributed by atoms with Gasteiger partial charge in [-0.1, -0.05) is 49.2 Å². The van der Waals surface area contributed by atoms with Gasteiger partial charge in [-0.25, -0.2) is 0 Å². The number of rotatable bonds is 3. The molecule has 0 atom stereocenters. The summed E-state index contributed by atoms with van der Waals surface area (Å²) in [7, 11) is 0. The van der Waals surface area contributed by atoms with Crippen LogP contribution in [0, 0.1) is 13.8 Å². The molecule has 1 fully saturated rings. The van der Waals surface area contributed by atoms with Crippen molar-refractivity contribution in [2.45, 2.75) is 64.8 Å². The van der Waals surface area contributed by atoms with E-state index in [9.17, 15) is 0 Å². The van der Waals surface area contributed by atoms with Crippen LogP contribution in [0.4, 0.5) is 11.4 Å². The quantitative estimate of drug-likeness (QED) is 0.449. The first-order valence-electron chi connectivity index (χ1n) is 11.1. The van der Waals surface area contributed by atoms with Crippen molar-refractivity contribution in [3.05, 3.63) is 82.9 Å². The van der Waals surface area contributed by atoms with E-state index in [0.29, 0.717) is 6.04 Å². The Labute approximate surface area is 175 Å². The molecular formula is C28H31N. The summed E-state index contributed by atoms with van der Waals surface area (Å²) in [6, 6.07) is 23.7. The number of aryl methyl sites for hydroxylation is 2. The lowest BCUT2D eigenvalue weighted by Gasteiger charge is -2.32. The van der Waals surface area contributed by atoms with Crippen LogP contribution in [0.1, 0.15) is 61.8 Å². The van der Waals surface area contributed by atoms with E-state index in [-0.39, 0.29) is 5.41 Å². The van der Waals surface area contributed by atoms with Gasteiger partial charge in [0.05, 0.1) is 0 Å². The molecule has 0 saturated heterocycles. The van der Waals surface area contributed by atoms with Gasteiger partial charge in [0.1, 0.15) is 0 Å². The maximum absolute atomic E-state index is 2.51. The first kappa shape index (κ1) is 18.5. The standard InChI is InChI=1S/C28H31N/c1-19(2)29(23-16-20(3)15-21(4)17-23)22-11-12-25-24-9-5-6-10-26(24)28(27(25)18-22)13-7-8-14-28/h5-6,9-12,15-19H,7-8,13-14H2,1-4H3. The van der Waals surface area contributed by atoms with Crippen molar-refractivity contribution >= 4 is 11.4 Å². The third kappa shape index (κ3) is 2.82. The number of nitrogens with zero attached hydrogens (tertiary/aromatic N) is 1. The fraction of sp³-hybridized carbons (Fsp3) is 0.357. The molecule has 3 aromatic carbocycles. The van der Waals surface area contributed by atoms with E-state index in [4.69, 9.17) is 0 Å². The Bertz CT molecular complexity index is 1050. The van der Waals surface area contributed by atoms with Crippen molar-refractivity contribution in [2.75, 3.05) is 4.90 Å². The zero-order valence-electron chi connectivity index (χ0n) is 18.1.